The molecule has 122 valence electrons. The molecule has 0 spiro atoms. The number of anilines is 1. The Labute approximate surface area is 136 Å². The second-order valence-corrected chi connectivity index (χ2v) is 7.40. The minimum Gasteiger partial charge on any atom is -0.341 e. The SMILES string of the molecule is CCN(CC)C(=O)[C@H](C)N1c2cccc3cccc(c23)S1(=O)=O. The second-order valence-electron chi connectivity index (χ2n) is 5.62. The van der Waals surface area contributed by atoms with E-state index in [1.807, 2.05) is 32.0 Å². The first-order chi connectivity index (χ1) is 10.9. The standard InChI is InChI=1S/C17H20N2O3S/c1-4-18(5-2)17(20)12(3)19-14-10-6-8-13-9-7-11-15(16(13)14)23(19,21)22/h6-12H,4-5H2,1-3H3/t12-/m0/s1. The van der Waals surface area contributed by atoms with Gasteiger partial charge in [-0.3, -0.25) is 9.10 Å². The summed E-state index contributed by atoms with van der Waals surface area (Å²) in [5.41, 5.74) is 0.589. The molecule has 2 aromatic carbocycles. The third-order valence-corrected chi connectivity index (χ3v) is 6.33. The summed E-state index contributed by atoms with van der Waals surface area (Å²) >= 11 is 0. The van der Waals surface area contributed by atoms with Crippen LogP contribution in [0.3, 0.4) is 0 Å². The Balaban J connectivity index is 2.16. The highest BCUT2D eigenvalue weighted by Crippen LogP contribution is 2.43. The molecule has 2 aromatic rings. The third-order valence-electron chi connectivity index (χ3n) is 4.40. The number of hydrogen-bond donors (Lipinski definition) is 0. The molecule has 6 heteroatoms. The van der Waals surface area contributed by atoms with E-state index in [0.717, 1.165) is 5.39 Å². The van der Waals surface area contributed by atoms with Gasteiger partial charge in [-0.2, -0.15) is 0 Å². The summed E-state index contributed by atoms with van der Waals surface area (Å²) in [4.78, 5) is 14.6. The third kappa shape index (κ3) is 2.20. The Morgan fingerprint density at radius 2 is 1.74 bits per heavy atom. The first-order valence-electron chi connectivity index (χ1n) is 7.78. The summed E-state index contributed by atoms with van der Waals surface area (Å²) < 4.78 is 27.2. The quantitative estimate of drug-likeness (QED) is 0.865. The molecule has 0 unspecified atom stereocenters. The molecule has 1 atom stereocenters. The first kappa shape index (κ1) is 15.8. The monoisotopic (exact) mass is 332 g/mol. The average Bonchev–Trinajstić information content (AvgIpc) is 2.77. The number of amides is 1. The second kappa shape index (κ2) is 5.53. The Hall–Kier alpha value is -2.08. The molecule has 0 bridgehead atoms. The summed E-state index contributed by atoms with van der Waals surface area (Å²) in [6, 6.07) is 9.94. The number of carbonyl (C=O) groups is 1. The fourth-order valence-corrected chi connectivity index (χ4v) is 5.10. The lowest BCUT2D eigenvalue weighted by Gasteiger charge is -2.30. The Morgan fingerprint density at radius 1 is 1.13 bits per heavy atom. The van der Waals surface area contributed by atoms with Crippen LogP contribution in [0.2, 0.25) is 0 Å². The average molecular weight is 332 g/mol. The van der Waals surface area contributed by atoms with Crippen molar-refractivity contribution >= 4 is 32.4 Å². The van der Waals surface area contributed by atoms with E-state index in [2.05, 4.69) is 0 Å². The molecule has 1 aliphatic heterocycles. The van der Waals surface area contributed by atoms with Crippen molar-refractivity contribution in [3.8, 4) is 0 Å². The van der Waals surface area contributed by atoms with Crippen molar-refractivity contribution in [2.24, 2.45) is 0 Å². The van der Waals surface area contributed by atoms with Crippen molar-refractivity contribution < 1.29 is 13.2 Å². The number of rotatable bonds is 4. The zero-order valence-corrected chi connectivity index (χ0v) is 14.3. The Morgan fingerprint density at radius 3 is 2.35 bits per heavy atom. The highest BCUT2D eigenvalue weighted by Gasteiger charge is 2.41. The van der Waals surface area contributed by atoms with Crippen LogP contribution in [0.4, 0.5) is 5.69 Å². The molecule has 3 rings (SSSR count). The number of likely N-dealkylation sites (N-methyl/N-ethyl adjacent to an activating group) is 1. The van der Waals surface area contributed by atoms with E-state index in [1.165, 1.54) is 4.31 Å². The van der Waals surface area contributed by atoms with Crippen molar-refractivity contribution in [3.05, 3.63) is 36.4 Å². The summed E-state index contributed by atoms with van der Waals surface area (Å²) in [5, 5.41) is 1.57. The minimum absolute atomic E-state index is 0.177. The number of nitrogens with zero attached hydrogens (tertiary/aromatic N) is 2. The molecular formula is C17H20N2O3S. The fraction of sp³-hybridized carbons (Fsp3) is 0.353. The zero-order chi connectivity index (χ0) is 16.8. The van der Waals surface area contributed by atoms with E-state index in [9.17, 15) is 13.2 Å². The van der Waals surface area contributed by atoms with Gasteiger partial charge in [-0.05, 0) is 38.3 Å². The molecule has 0 aliphatic carbocycles. The maximum atomic E-state index is 13.0. The lowest BCUT2D eigenvalue weighted by atomic mass is 10.1. The van der Waals surface area contributed by atoms with Crippen molar-refractivity contribution in [2.45, 2.75) is 31.7 Å². The Bertz CT molecular complexity index is 867. The van der Waals surface area contributed by atoms with Gasteiger partial charge in [0.1, 0.15) is 6.04 Å². The zero-order valence-electron chi connectivity index (χ0n) is 13.5. The molecule has 0 saturated heterocycles. The van der Waals surface area contributed by atoms with Crippen LogP contribution in [0.15, 0.2) is 41.3 Å². The van der Waals surface area contributed by atoms with E-state index in [4.69, 9.17) is 0 Å². The molecule has 1 amide bonds. The van der Waals surface area contributed by atoms with Gasteiger partial charge in [0.2, 0.25) is 5.91 Å². The van der Waals surface area contributed by atoms with Gasteiger partial charge in [0, 0.05) is 18.5 Å². The molecule has 0 N–H and O–H groups in total. The number of benzene rings is 2. The number of sulfonamides is 1. The van der Waals surface area contributed by atoms with Crippen LogP contribution in [0, 0.1) is 0 Å². The Kier molecular flexibility index (Phi) is 3.80. The molecule has 1 aliphatic rings. The molecule has 0 saturated carbocycles. The largest absolute Gasteiger partial charge is 0.341 e. The van der Waals surface area contributed by atoms with Crippen molar-refractivity contribution in [1.29, 1.82) is 0 Å². The van der Waals surface area contributed by atoms with Crippen molar-refractivity contribution in [2.75, 3.05) is 17.4 Å². The van der Waals surface area contributed by atoms with Crippen LogP contribution >= 0.6 is 0 Å². The van der Waals surface area contributed by atoms with E-state index >= 15 is 0 Å². The molecule has 0 fully saturated rings. The highest BCUT2D eigenvalue weighted by atomic mass is 32.2. The molecule has 23 heavy (non-hydrogen) atoms. The molecule has 5 nitrogen and oxygen atoms in total. The molecule has 0 radical (unpaired) electrons. The van der Waals surface area contributed by atoms with Crippen LogP contribution in [-0.4, -0.2) is 38.4 Å². The van der Waals surface area contributed by atoms with E-state index in [0.29, 0.717) is 24.2 Å². The van der Waals surface area contributed by atoms with Gasteiger partial charge < -0.3 is 4.90 Å². The predicted octanol–water partition coefficient (Wildman–Crippen LogP) is 2.61. The van der Waals surface area contributed by atoms with Gasteiger partial charge in [-0.1, -0.05) is 24.3 Å². The van der Waals surface area contributed by atoms with Crippen LogP contribution < -0.4 is 4.31 Å². The number of carbonyl (C=O) groups excluding carboxylic acids is 1. The van der Waals surface area contributed by atoms with Gasteiger partial charge in [0.15, 0.2) is 0 Å². The maximum Gasteiger partial charge on any atom is 0.265 e. The van der Waals surface area contributed by atoms with Crippen LogP contribution in [0.1, 0.15) is 20.8 Å². The summed E-state index contributed by atoms with van der Waals surface area (Å²) in [6.07, 6.45) is 0. The van der Waals surface area contributed by atoms with Crippen LogP contribution in [-0.2, 0) is 14.8 Å². The summed E-state index contributed by atoms with van der Waals surface area (Å²) in [5.74, 6) is -0.177. The predicted molar refractivity (Wildman–Crippen MR) is 91.0 cm³/mol. The smallest absolute Gasteiger partial charge is 0.265 e. The molecule has 0 aromatic heterocycles. The first-order valence-corrected chi connectivity index (χ1v) is 9.22. The highest BCUT2D eigenvalue weighted by molar-refractivity contribution is 7.93. The summed E-state index contributed by atoms with van der Waals surface area (Å²) in [6.45, 7) is 6.56. The number of hydrogen-bond acceptors (Lipinski definition) is 3. The van der Waals surface area contributed by atoms with E-state index < -0.39 is 16.1 Å². The van der Waals surface area contributed by atoms with E-state index in [-0.39, 0.29) is 10.8 Å². The summed E-state index contributed by atoms with van der Waals surface area (Å²) in [7, 11) is -3.71. The fourth-order valence-electron chi connectivity index (χ4n) is 3.24. The lowest BCUT2D eigenvalue weighted by molar-refractivity contribution is -0.131. The topological polar surface area (TPSA) is 57.7 Å². The van der Waals surface area contributed by atoms with Gasteiger partial charge in [-0.25, -0.2) is 8.42 Å². The minimum atomic E-state index is -3.71. The van der Waals surface area contributed by atoms with Crippen LogP contribution in [0.5, 0.6) is 0 Å². The maximum absolute atomic E-state index is 13.0. The van der Waals surface area contributed by atoms with Crippen molar-refractivity contribution in [3.63, 3.8) is 0 Å². The molecule has 1 heterocycles. The normalized spacial score (nSPS) is 16.6. The molecular weight excluding hydrogens is 312 g/mol. The van der Waals surface area contributed by atoms with E-state index in [1.54, 1.807) is 30.0 Å². The van der Waals surface area contributed by atoms with Gasteiger partial charge in [0.05, 0.1) is 10.6 Å². The van der Waals surface area contributed by atoms with Gasteiger partial charge in [0.25, 0.3) is 10.0 Å². The van der Waals surface area contributed by atoms with Gasteiger partial charge >= 0.3 is 0 Å². The van der Waals surface area contributed by atoms with Gasteiger partial charge in [-0.15, -0.1) is 0 Å². The lowest BCUT2D eigenvalue weighted by Crippen LogP contribution is -2.48. The van der Waals surface area contributed by atoms with Crippen LogP contribution in [0.25, 0.3) is 10.8 Å². The van der Waals surface area contributed by atoms with Crippen molar-refractivity contribution in [1.82, 2.24) is 4.90 Å².